The molecule has 0 aliphatic rings. The van der Waals surface area contributed by atoms with Gasteiger partial charge in [0, 0.05) is 19.2 Å². The number of hydrogen-bond acceptors (Lipinski definition) is 4. The maximum Gasteiger partial charge on any atom is 0.279 e. The smallest absolute Gasteiger partial charge is 0.279 e. The van der Waals surface area contributed by atoms with E-state index in [2.05, 4.69) is 16.0 Å². The summed E-state index contributed by atoms with van der Waals surface area (Å²) in [5, 5.41) is 4.06. The second-order valence-electron chi connectivity index (χ2n) is 5.26. The van der Waals surface area contributed by atoms with Crippen LogP contribution in [0.5, 0.6) is 5.75 Å². The Kier molecular flexibility index (Phi) is 5.89. The van der Waals surface area contributed by atoms with E-state index in [9.17, 15) is 14.0 Å². The van der Waals surface area contributed by atoms with Gasteiger partial charge >= 0.3 is 0 Å². The third kappa shape index (κ3) is 5.08. The van der Waals surface area contributed by atoms with Crippen molar-refractivity contribution in [3.63, 3.8) is 0 Å². The molecule has 1 unspecified atom stereocenters. The molecule has 0 saturated heterocycles. The topological polar surface area (TPSA) is 85.3 Å². The van der Waals surface area contributed by atoms with Crippen LogP contribution < -0.4 is 15.6 Å². The van der Waals surface area contributed by atoms with E-state index < -0.39 is 17.8 Å². The maximum atomic E-state index is 13.5. The number of aromatic nitrogens is 2. The summed E-state index contributed by atoms with van der Waals surface area (Å²) in [6.07, 6.45) is 2.71. The fourth-order valence-corrected chi connectivity index (χ4v) is 1.89. The van der Waals surface area contributed by atoms with Crippen molar-refractivity contribution in [3.05, 3.63) is 48.0 Å². The number of aryl methyl sites for hydroxylation is 2. The lowest BCUT2D eigenvalue weighted by Gasteiger charge is -2.15. The zero-order valence-electron chi connectivity index (χ0n) is 13.5. The van der Waals surface area contributed by atoms with E-state index in [1.54, 1.807) is 16.9 Å². The zero-order valence-corrected chi connectivity index (χ0v) is 13.5. The van der Waals surface area contributed by atoms with E-state index in [4.69, 9.17) is 4.74 Å². The van der Waals surface area contributed by atoms with Crippen LogP contribution in [0.1, 0.15) is 18.9 Å². The molecule has 0 radical (unpaired) electrons. The second-order valence-corrected chi connectivity index (χ2v) is 5.26. The zero-order chi connectivity index (χ0) is 17.5. The monoisotopic (exact) mass is 334 g/mol. The number of benzene rings is 1. The van der Waals surface area contributed by atoms with Gasteiger partial charge in [0.15, 0.2) is 17.7 Å². The Bertz CT molecular complexity index is 717. The normalized spacial score (nSPS) is 11.6. The van der Waals surface area contributed by atoms with Gasteiger partial charge in [-0.3, -0.25) is 25.1 Å². The number of carbonyl (C=O) groups excluding carboxylic acids is 2. The Hall–Kier alpha value is -2.90. The van der Waals surface area contributed by atoms with Crippen LogP contribution in [0.4, 0.5) is 4.39 Å². The number of rotatable bonds is 6. The summed E-state index contributed by atoms with van der Waals surface area (Å²) in [5.74, 6) is -1.53. The van der Waals surface area contributed by atoms with Gasteiger partial charge in [-0.1, -0.05) is 12.1 Å². The molecule has 0 bridgehead atoms. The molecule has 2 aromatic rings. The van der Waals surface area contributed by atoms with Crippen molar-refractivity contribution in [3.8, 4) is 5.75 Å². The van der Waals surface area contributed by atoms with Gasteiger partial charge in [0.25, 0.3) is 5.91 Å². The largest absolute Gasteiger partial charge is 0.478 e. The molecule has 0 aliphatic heterocycles. The van der Waals surface area contributed by atoms with Crippen LogP contribution in [-0.2, 0) is 16.1 Å². The molecule has 128 valence electrons. The molecule has 0 fully saturated rings. The van der Waals surface area contributed by atoms with Crippen molar-refractivity contribution in [1.29, 1.82) is 0 Å². The first-order valence-corrected chi connectivity index (χ1v) is 7.44. The van der Waals surface area contributed by atoms with Crippen molar-refractivity contribution in [2.75, 3.05) is 0 Å². The minimum absolute atomic E-state index is 0.0273. The quantitative estimate of drug-likeness (QED) is 0.781. The molecule has 0 saturated carbocycles. The minimum Gasteiger partial charge on any atom is -0.478 e. The fourth-order valence-electron chi connectivity index (χ4n) is 1.89. The highest BCUT2D eigenvalue weighted by Crippen LogP contribution is 2.16. The summed E-state index contributed by atoms with van der Waals surface area (Å²) in [6, 6.07) is 5.78. The molecule has 0 spiro atoms. The van der Waals surface area contributed by atoms with E-state index in [0.717, 1.165) is 5.56 Å². The van der Waals surface area contributed by atoms with Crippen molar-refractivity contribution in [1.82, 2.24) is 20.6 Å². The predicted octanol–water partition coefficient (Wildman–Crippen LogP) is 1.34. The lowest BCUT2D eigenvalue weighted by molar-refractivity contribution is -0.132. The van der Waals surface area contributed by atoms with Gasteiger partial charge in [0.2, 0.25) is 5.91 Å². The number of para-hydroxylation sites is 1. The van der Waals surface area contributed by atoms with E-state index >= 15 is 0 Å². The summed E-state index contributed by atoms with van der Waals surface area (Å²) in [6.45, 7) is 3.76. The SMILES string of the molecule is Cc1cnn(CCC(=O)NNC(=O)C(C)Oc2ccccc2F)c1. The number of hydrazine groups is 1. The minimum atomic E-state index is -0.962. The number of ether oxygens (including phenoxy) is 1. The molecule has 24 heavy (non-hydrogen) atoms. The van der Waals surface area contributed by atoms with Gasteiger partial charge in [0.05, 0.1) is 6.20 Å². The Balaban J connectivity index is 1.73. The highest BCUT2D eigenvalue weighted by molar-refractivity contribution is 5.84. The number of nitrogens with one attached hydrogen (secondary N) is 2. The number of amides is 2. The first-order chi connectivity index (χ1) is 11.5. The lowest BCUT2D eigenvalue weighted by Crippen LogP contribution is -2.47. The number of nitrogens with zero attached hydrogens (tertiary/aromatic N) is 2. The average molecular weight is 334 g/mol. The Morgan fingerprint density at radius 1 is 1.33 bits per heavy atom. The van der Waals surface area contributed by atoms with Crippen LogP contribution in [0.3, 0.4) is 0 Å². The van der Waals surface area contributed by atoms with Crippen molar-refractivity contribution in [2.24, 2.45) is 0 Å². The molecule has 7 nitrogen and oxygen atoms in total. The fraction of sp³-hybridized carbons (Fsp3) is 0.312. The standard InChI is InChI=1S/C16H19FN4O3/c1-11-9-18-21(10-11)8-7-15(22)19-20-16(23)12(2)24-14-6-4-3-5-13(14)17/h3-6,9-10,12H,7-8H2,1-2H3,(H,19,22)(H,20,23). The van der Waals surface area contributed by atoms with Crippen molar-refractivity contribution in [2.45, 2.75) is 32.9 Å². The number of carbonyl (C=O) groups is 2. The van der Waals surface area contributed by atoms with Crippen LogP contribution in [-0.4, -0.2) is 27.7 Å². The van der Waals surface area contributed by atoms with E-state index in [0.29, 0.717) is 6.54 Å². The second kappa shape index (κ2) is 8.09. The summed E-state index contributed by atoms with van der Waals surface area (Å²) in [7, 11) is 0. The molecule has 1 aromatic carbocycles. The summed E-state index contributed by atoms with van der Waals surface area (Å²) in [4.78, 5) is 23.5. The van der Waals surface area contributed by atoms with Crippen LogP contribution >= 0.6 is 0 Å². The molecule has 0 aliphatic carbocycles. The third-order valence-corrected chi connectivity index (χ3v) is 3.17. The first-order valence-electron chi connectivity index (χ1n) is 7.44. The van der Waals surface area contributed by atoms with Crippen LogP contribution in [0.2, 0.25) is 0 Å². The van der Waals surface area contributed by atoms with Crippen molar-refractivity contribution >= 4 is 11.8 Å². The van der Waals surface area contributed by atoms with Gasteiger partial charge in [0.1, 0.15) is 0 Å². The molecule has 8 heteroatoms. The Morgan fingerprint density at radius 3 is 2.75 bits per heavy atom. The van der Waals surface area contributed by atoms with Gasteiger partial charge in [-0.25, -0.2) is 4.39 Å². The summed E-state index contributed by atoms with van der Waals surface area (Å²) < 4.78 is 20.3. The van der Waals surface area contributed by atoms with Gasteiger partial charge in [-0.2, -0.15) is 5.10 Å². The molecule has 2 amide bonds. The average Bonchev–Trinajstić information content (AvgIpc) is 2.98. The van der Waals surface area contributed by atoms with Gasteiger partial charge in [-0.15, -0.1) is 0 Å². The molecular formula is C16H19FN4O3. The van der Waals surface area contributed by atoms with Crippen LogP contribution in [0, 0.1) is 12.7 Å². The van der Waals surface area contributed by atoms with E-state index in [1.807, 2.05) is 13.1 Å². The van der Waals surface area contributed by atoms with Crippen LogP contribution in [0.25, 0.3) is 0 Å². The number of hydrogen-bond donors (Lipinski definition) is 2. The van der Waals surface area contributed by atoms with Crippen molar-refractivity contribution < 1.29 is 18.7 Å². The molecule has 1 heterocycles. The predicted molar refractivity (Wildman–Crippen MR) is 84.4 cm³/mol. The third-order valence-electron chi connectivity index (χ3n) is 3.17. The summed E-state index contributed by atoms with van der Waals surface area (Å²) in [5.41, 5.74) is 5.54. The highest BCUT2D eigenvalue weighted by Gasteiger charge is 2.17. The Labute approximate surface area is 138 Å². The molecule has 2 rings (SSSR count). The first kappa shape index (κ1) is 17.5. The molecular weight excluding hydrogens is 315 g/mol. The highest BCUT2D eigenvalue weighted by atomic mass is 19.1. The van der Waals surface area contributed by atoms with E-state index in [1.165, 1.54) is 25.1 Å². The van der Waals surface area contributed by atoms with Gasteiger partial charge in [-0.05, 0) is 31.5 Å². The lowest BCUT2D eigenvalue weighted by atomic mass is 10.3. The molecule has 1 aromatic heterocycles. The van der Waals surface area contributed by atoms with Crippen LogP contribution in [0.15, 0.2) is 36.7 Å². The maximum absolute atomic E-state index is 13.5. The molecule has 2 N–H and O–H groups in total. The van der Waals surface area contributed by atoms with Gasteiger partial charge < -0.3 is 4.74 Å². The Morgan fingerprint density at radius 2 is 2.08 bits per heavy atom. The number of halogens is 1. The van der Waals surface area contributed by atoms with E-state index in [-0.39, 0.29) is 18.1 Å². The molecule has 1 atom stereocenters. The summed E-state index contributed by atoms with van der Waals surface area (Å²) >= 11 is 0.